The van der Waals surface area contributed by atoms with Crippen molar-refractivity contribution < 1.29 is 4.52 Å². The first-order valence-electron chi connectivity index (χ1n) is 5.74. The summed E-state index contributed by atoms with van der Waals surface area (Å²) in [6.07, 6.45) is 8.56. The van der Waals surface area contributed by atoms with Crippen LogP contribution in [-0.2, 0) is 12.3 Å². The lowest BCUT2D eigenvalue weighted by atomic mass is 10.1. The second-order valence-electron chi connectivity index (χ2n) is 3.76. The number of rotatable bonds is 8. The van der Waals surface area contributed by atoms with Gasteiger partial charge >= 0.3 is 0 Å². The number of aromatic nitrogens is 2. The van der Waals surface area contributed by atoms with E-state index in [4.69, 9.17) is 16.1 Å². The van der Waals surface area contributed by atoms with E-state index in [1.807, 2.05) is 0 Å². The summed E-state index contributed by atoms with van der Waals surface area (Å²) in [6, 6.07) is 0. The zero-order valence-corrected chi connectivity index (χ0v) is 10.1. The molecule has 0 saturated heterocycles. The van der Waals surface area contributed by atoms with E-state index < -0.39 is 0 Å². The van der Waals surface area contributed by atoms with Gasteiger partial charge in [0, 0.05) is 6.42 Å². The number of hydrogen-bond acceptors (Lipinski definition) is 3. The molecular formula is C11H19ClN2O. The fourth-order valence-corrected chi connectivity index (χ4v) is 1.61. The van der Waals surface area contributed by atoms with E-state index in [0.29, 0.717) is 11.7 Å². The van der Waals surface area contributed by atoms with Gasteiger partial charge in [0.05, 0.1) is 5.88 Å². The Hall–Kier alpha value is -0.570. The molecule has 0 aliphatic carbocycles. The van der Waals surface area contributed by atoms with Crippen molar-refractivity contribution in [3.05, 3.63) is 11.7 Å². The first kappa shape index (κ1) is 12.5. The summed E-state index contributed by atoms with van der Waals surface area (Å²) in [5, 5.41) is 3.74. The van der Waals surface area contributed by atoms with Crippen LogP contribution in [0.1, 0.15) is 57.2 Å². The molecule has 0 radical (unpaired) electrons. The van der Waals surface area contributed by atoms with E-state index >= 15 is 0 Å². The lowest BCUT2D eigenvalue weighted by Gasteiger charge is -1.97. The molecule has 0 bridgehead atoms. The molecule has 86 valence electrons. The molecule has 3 nitrogen and oxygen atoms in total. The number of hydrogen-bond donors (Lipinski definition) is 0. The van der Waals surface area contributed by atoms with Crippen LogP contribution >= 0.6 is 11.6 Å². The third kappa shape index (κ3) is 5.17. The van der Waals surface area contributed by atoms with Crippen LogP contribution < -0.4 is 0 Å². The molecule has 15 heavy (non-hydrogen) atoms. The average Bonchev–Trinajstić information content (AvgIpc) is 2.71. The summed E-state index contributed by atoms with van der Waals surface area (Å²) >= 11 is 5.57. The van der Waals surface area contributed by atoms with E-state index in [1.54, 1.807) is 0 Å². The minimum atomic E-state index is 0.333. The Labute approximate surface area is 96.2 Å². The highest BCUT2D eigenvalue weighted by Gasteiger charge is 2.03. The van der Waals surface area contributed by atoms with Gasteiger partial charge in [0.1, 0.15) is 0 Å². The monoisotopic (exact) mass is 230 g/mol. The molecule has 0 aliphatic heterocycles. The van der Waals surface area contributed by atoms with E-state index in [0.717, 1.165) is 18.7 Å². The van der Waals surface area contributed by atoms with Gasteiger partial charge in [-0.05, 0) is 6.42 Å². The molecule has 0 N–H and O–H groups in total. The molecule has 1 heterocycles. The Morgan fingerprint density at radius 1 is 1.13 bits per heavy atom. The number of alkyl halides is 1. The van der Waals surface area contributed by atoms with Crippen molar-refractivity contribution in [3.63, 3.8) is 0 Å². The molecule has 0 saturated carbocycles. The number of unbranched alkanes of at least 4 members (excludes halogenated alkanes) is 5. The van der Waals surface area contributed by atoms with Gasteiger partial charge in [0.2, 0.25) is 5.89 Å². The van der Waals surface area contributed by atoms with E-state index in [-0.39, 0.29) is 0 Å². The van der Waals surface area contributed by atoms with Crippen LogP contribution in [0.4, 0.5) is 0 Å². The van der Waals surface area contributed by atoms with Crippen molar-refractivity contribution in [2.24, 2.45) is 0 Å². The molecule has 1 rings (SSSR count). The van der Waals surface area contributed by atoms with Crippen LogP contribution in [0.3, 0.4) is 0 Å². The largest absolute Gasteiger partial charge is 0.339 e. The third-order valence-corrected chi connectivity index (χ3v) is 2.61. The molecule has 1 aromatic rings. The van der Waals surface area contributed by atoms with Gasteiger partial charge in [-0.25, -0.2) is 0 Å². The minimum Gasteiger partial charge on any atom is -0.339 e. The maximum absolute atomic E-state index is 5.57. The quantitative estimate of drug-likeness (QED) is 0.505. The Kier molecular flexibility index (Phi) is 6.41. The summed E-state index contributed by atoms with van der Waals surface area (Å²) < 4.78 is 5.04. The normalized spacial score (nSPS) is 10.8. The Morgan fingerprint density at radius 2 is 1.87 bits per heavy atom. The molecule has 0 unspecified atom stereocenters. The number of halogens is 1. The van der Waals surface area contributed by atoms with E-state index in [9.17, 15) is 0 Å². The molecule has 0 atom stereocenters. The Balaban J connectivity index is 2.04. The molecule has 0 amide bonds. The van der Waals surface area contributed by atoms with Crippen LogP contribution in [0.2, 0.25) is 0 Å². The van der Waals surface area contributed by atoms with Gasteiger partial charge in [0.25, 0.3) is 0 Å². The van der Waals surface area contributed by atoms with E-state index in [1.165, 1.54) is 32.1 Å². The van der Waals surface area contributed by atoms with Crippen molar-refractivity contribution in [2.75, 3.05) is 0 Å². The van der Waals surface area contributed by atoms with Crippen LogP contribution in [0, 0.1) is 0 Å². The highest BCUT2D eigenvalue weighted by atomic mass is 35.5. The number of aryl methyl sites for hydroxylation is 1. The predicted molar refractivity (Wildman–Crippen MR) is 60.9 cm³/mol. The molecule has 0 aromatic carbocycles. The second kappa shape index (κ2) is 7.69. The lowest BCUT2D eigenvalue weighted by Crippen LogP contribution is -1.87. The standard InChI is InChI=1S/C11H19ClN2O/c1-2-3-4-5-6-7-8-11-13-10(9-12)14-15-11/h2-9H2,1H3. The maximum Gasteiger partial charge on any atom is 0.226 e. The molecule has 0 spiro atoms. The fraction of sp³-hybridized carbons (Fsp3) is 0.818. The topological polar surface area (TPSA) is 38.9 Å². The average molecular weight is 231 g/mol. The second-order valence-corrected chi connectivity index (χ2v) is 4.02. The summed E-state index contributed by atoms with van der Waals surface area (Å²) in [4.78, 5) is 4.15. The molecule has 1 aromatic heterocycles. The third-order valence-electron chi connectivity index (χ3n) is 2.37. The van der Waals surface area contributed by atoms with Crippen molar-refractivity contribution in [1.82, 2.24) is 10.1 Å². The van der Waals surface area contributed by atoms with Crippen LogP contribution in [0.25, 0.3) is 0 Å². The van der Waals surface area contributed by atoms with Crippen molar-refractivity contribution in [1.29, 1.82) is 0 Å². The highest BCUT2D eigenvalue weighted by Crippen LogP contribution is 2.09. The van der Waals surface area contributed by atoms with E-state index in [2.05, 4.69) is 17.1 Å². The SMILES string of the molecule is CCCCCCCCc1nc(CCl)no1. The first-order valence-corrected chi connectivity index (χ1v) is 6.27. The smallest absolute Gasteiger partial charge is 0.226 e. The van der Waals surface area contributed by atoms with Crippen molar-refractivity contribution in [3.8, 4) is 0 Å². The van der Waals surface area contributed by atoms with Crippen LogP contribution in [0.15, 0.2) is 4.52 Å². The number of nitrogens with zero attached hydrogens (tertiary/aromatic N) is 2. The summed E-state index contributed by atoms with van der Waals surface area (Å²) in [6.45, 7) is 2.23. The van der Waals surface area contributed by atoms with Crippen molar-refractivity contribution >= 4 is 11.6 Å². The minimum absolute atomic E-state index is 0.333. The van der Waals surface area contributed by atoms with Crippen molar-refractivity contribution in [2.45, 2.75) is 57.7 Å². The van der Waals surface area contributed by atoms with Gasteiger partial charge in [-0.2, -0.15) is 4.98 Å². The van der Waals surface area contributed by atoms with Crippen LogP contribution in [0.5, 0.6) is 0 Å². The summed E-state index contributed by atoms with van der Waals surface area (Å²) in [5.74, 6) is 1.65. The Bertz CT molecular complexity index is 263. The predicted octanol–water partition coefficient (Wildman–Crippen LogP) is 3.71. The van der Waals surface area contributed by atoms with Gasteiger partial charge in [0.15, 0.2) is 5.82 Å². The summed E-state index contributed by atoms with van der Waals surface area (Å²) in [5.41, 5.74) is 0. The maximum atomic E-state index is 5.57. The van der Waals surface area contributed by atoms with Gasteiger partial charge < -0.3 is 4.52 Å². The van der Waals surface area contributed by atoms with Gasteiger partial charge in [-0.3, -0.25) is 0 Å². The highest BCUT2D eigenvalue weighted by molar-refractivity contribution is 6.16. The molecule has 4 heteroatoms. The molecule has 0 fully saturated rings. The Morgan fingerprint density at radius 3 is 2.53 bits per heavy atom. The molecule has 0 aliphatic rings. The van der Waals surface area contributed by atoms with Gasteiger partial charge in [-0.1, -0.05) is 44.2 Å². The van der Waals surface area contributed by atoms with Crippen LogP contribution in [-0.4, -0.2) is 10.1 Å². The zero-order valence-electron chi connectivity index (χ0n) is 9.34. The zero-order chi connectivity index (χ0) is 10.9. The lowest BCUT2D eigenvalue weighted by molar-refractivity contribution is 0.369. The molecular weight excluding hydrogens is 212 g/mol. The fourth-order valence-electron chi connectivity index (χ4n) is 1.50. The first-order chi connectivity index (χ1) is 7.36. The summed E-state index contributed by atoms with van der Waals surface area (Å²) in [7, 11) is 0. The van der Waals surface area contributed by atoms with Gasteiger partial charge in [-0.15, -0.1) is 11.6 Å².